The second-order valence-electron chi connectivity index (χ2n) is 7.08. The van der Waals surface area contributed by atoms with Gasteiger partial charge >= 0.3 is 0 Å². The van der Waals surface area contributed by atoms with Gasteiger partial charge in [-0.3, -0.25) is 9.59 Å². The highest BCUT2D eigenvalue weighted by Gasteiger charge is 2.34. The van der Waals surface area contributed by atoms with E-state index in [1.165, 1.54) is 0 Å². The number of pyridine rings is 1. The van der Waals surface area contributed by atoms with Crippen molar-refractivity contribution >= 4 is 11.8 Å². The van der Waals surface area contributed by atoms with Crippen LogP contribution < -0.4 is 10.1 Å². The molecule has 1 N–H and O–H groups in total. The summed E-state index contributed by atoms with van der Waals surface area (Å²) in [7, 11) is 0. The topological polar surface area (TPSA) is 80.8 Å². The van der Waals surface area contributed by atoms with Crippen LogP contribution in [0.3, 0.4) is 0 Å². The number of likely N-dealkylation sites (tertiary alicyclic amines) is 1. The van der Waals surface area contributed by atoms with Crippen LogP contribution in [0.1, 0.15) is 45.1 Å². The van der Waals surface area contributed by atoms with Crippen LogP contribution in [0, 0.1) is 5.92 Å². The molecule has 26 heavy (non-hydrogen) atoms. The number of ether oxygens (including phenoxy) is 2. The first-order valence-corrected chi connectivity index (χ1v) is 9.15. The molecular weight excluding hydrogens is 334 g/mol. The maximum absolute atomic E-state index is 12.4. The van der Waals surface area contributed by atoms with Crippen molar-refractivity contribution in [2.45, 2.75) is 52.9 Å². The van der Waals surface area contributed by atoms with Gasteiger partial charge in [-0.25, -0.2) is 4.98 Å². The van der Waals surface area contributed by atoms with E-state index < -0.39 is 6.10 Å². The molecule has 1 atom stereocenters. The SMILES string of the molecule is CCOC(C(=O)NC1CN(C(=O)c2ccc(OC(C)C)cn2)C1)C(C)C. The number of rotatable bonds is 8. The molecule has 1 aromatic heterocycles. The van der Waals surface area contributed by atoms with Crippen molar-refractivity contribution in [1.29, 1.82) is 0 Å². The average molecular weight is 363 g/mol. The number of carbonyl (C=O) groups is 2. The molecular formula is C19H29N3O4. The fourth-order valence-electron chi connectivity index (χ4n) is 2.78. The Morgan fingerprint density at radius 3 is 2.46 bits per heavy atom. The number of nitrogens with zero attached hydrogens (tertiary/aromatic N) is 2. The van der Waals surface area contributed by atoms with Gasteiger partial charge in [0, 0.05) is 19.7 Å². The molecule has 2 rings (SSSR count). The molecule has 0 bridgehead atoms. The highest BCUT2D eigenvalue weighted by atomic mass is 16.5. The number of amides is 2. The molecule has 0 saturated carbocycles. The minimum atomic E-state index is -0.458. The van der Waals surface area contributed by atoms with Crippen molar-refractivity contribution in [3.63, 3.8) is 0 Å². The predicted octanol–water partition coefficient (Wildman–Crippen LogP) is 1.87. The number of hydrogen-bond acceptors (Lipinski definition) is 5. The summed E-state index contributed by atoms with van der Waals surface area (Å²) >= 11 is 0. The number of aromatic nitrogens is 1. The van der Waals surface area contributed by atoms with Crippen molar-refractivity contribution in [2.24, 2.45) is 5.92 Å². The van der Waals surface area contributed by atoms with E-state index in [0.717, 1.165) is 0 Å². The first-order chi connectivity index (χ1) is 12.3. The van der Waals surface area contributed by atoms with E-state index in [0.29, 0.717) is 31.1 Å². The van der Waals surface area contributed by atoms with Gasteiger partial charge in [0.05, 0.1) is 18.3 Å². The molecule has 1 fully saturated rings. The molecule has 7 heteroatoms. The standard InChI is InChI=1S/C19H29N3O4/c1-6-25-17(12(2)3)18(23)21-14-10-22(11-14)19(24)16-8-7-15(9-20-16)26-13(4)5/h7-9,12-14,17H,6,10-11H2,1-5H3,(H,21,23). The summed E-state index contributed by atoms with van der Waals surface area (Å²) in [6.45, 7) is 11.1. The molecule has 0 spiro atoms. The lowest BCUT2D eigenvalue weighted by atomic mass is 10.0. The van der Waals surface area contributed by atoms with Gasteiger partial charge in [0.25, 0.3) is 5.91 Å². The summed E-state index contributed by atoms with van der Waals surface area (Å²) in [6, 6.07) is 3.36. The van der Waals surface area contributed by atoms with Crippen molar-refractivity contribution in [3.05, 3.63) is 24.0 Å². The Morgan fingerprint density at radius 2 is 1.96 bits per heavy atom. The van der Waals surface area contributed by atoms with Gasteiger partial charge in [-0.05, 0) is 38.8 Å². The molecule has 7 nitrogen and oxygen atoms in total. The molecule has 0 radical (unpaired) electrons. The maximum atomic E-state index is 12.4. The first kappa shape index (κ1) is 20.2. The van der Waals surface area contributed by atoms with E-state index in [1.54, 1.807) is 23.2 Å². The van der Waals surface area contributed by atoms with Crippen LogP contribution in [-0.2, 0) is 9.53 Å². The zero-order chi connectivity index (χ0) is 19.3. The van der Waals surface area contributed by atoms with Crippen LogP contribution in [0.25, 0.3) is 0 Å². The Morgan fingerprint density at radius 1 is 1.27 bits per heavy atom. The molecule has 1 aliphatic heterocycles. The van der Waals surface area contributed by atoms with Gasteiger partial charge < -0.3 is 19.7 Å². The zero-order valence-electron chi connectivity index (χ0n) is 16.2. The van der Waals surface area contributed by atoms with Crippen LogP contribution in [0.15, 0.2) is 18.3 Å². The fraction of sp³-hybridized carbons (Fsp3) is 0.632. The highest BCUT2D eigenvalue weighted by Crippen LogP contribution is 2.16. The van der Waals surface area contributed by atoms with Crippen LogP contribution in [0.2, 0.25) is 0 Å². The summed E-state index contributed by atoms with van der Waals surface area (Å²) in [5.74, 6) is 0.480. The van der Waals surface area contributed by atoms with Crippen LogP contribution in [0.4, 0.5) is 0 Å². The molecule has 2 amide bonds. The van der Waals surface area contributed by atoms with Gasteiger partial charge in [0.2, 0.25) is 5.91 Å². The maximum Gasteiger partial charge on any atom is 0.272 e. The summed E-state index contributed by atoms with van der Waals surface area (Å²) in [5.41, 5.74) is 0.375. The fourth-order valence-corrected chi connectivity index (χ4v) is 2.78. The van der Waals surface area contributed by atoms with E-state index in [9.17, 15) is 9.59 Å². The summed E-state index contributed by atoms with van der Waals surface area (Å²) in [5, 5.41) is 2.95. The molecule has 144 valence electrons. The second kappa shape index (κ2) is 8.98. The second-order valence-corrected chi connectivity index (χ2v) is 7.08. The van der Waals surface area contributed by atoms with E-state index in [-0.39, 0.29) is 29.9 Å². The van der Waals surface area contributed by atoms with E-state index >= 15 is 0 Å². The Hall–Kier alpha value is -2.15. The molecule has 1 aliphatic rings. The summed E-state index contributed by atoms with van der Waals surface area (Å²) in [4.78, 5) is 30.5. The van der Waals surface area contributed by atoms with Crippen molar-refractivity contribution < 1.29 is 19.1 Å². The monoisotopic (exact) mass is 363 g/mol. The van der Waals surface area contributed by atoms with Crippen molar-refractivity contribution in [3.8, 4) is 5.75 Å². The molecule has 1 unspecified atom stereocenters. The Bertz CT molecular complexity index is 610. The molecule has 0 aromatic carbocycles. The third-order valence-electron chi connectivity index (χ3n) is 4.05. The number of nitrogens with one attached hydrogen (secondary N) is 1. The van der Waals surface area contributed by atoms with Gasteiger partial charge in [-0.15, -0.1) is 0 Å². The van der Waals surface area contributed by atoms with Gasteiger partial charge in [0.1, 0.15) is 17.5 Å². The Labute approximate surface area is 155 Å². The minimum absolute atomic E-state index is 0.0447. The van der Waals surface area contributed by atoms with Crippen molar-refractivity contribution in [1.82, 2.24) is 15.2 Å². The highest BCUT2D eigenvalue weighted by molar-refractivity contribution is 5.93. The summed E-state index contributed by atoms with van der Waals surface area (Å²) < 4.78 is 11.0. The molecule has 1 aromatic rings. The molecule has 0 aliphatic carbocycles. The van der Waals surface area contributed by atoms with E-state index in [1.807, 2.05) is 34.6 Å². The number of carbonyl (C=O) groups excluding carboxylic acids is 2. The van der Waals surface area contributed by atoms with Gasteiger partial charge in [-0.1, -0.05) is 13.8 Å². The zero-order valence-corrected chi connectivity index (χ0v) is 16.2. The third-order valence-corrected chi connectivity index (χ3v) is 4.05. The van der Waals surface area contributed by atoms with Crippen LogP contribution in [0.5, 0.6) is 5.75 Å². The normalized spacial score (nSPS) is 15.7. The predicted molar refractivity (Wildman–Crippen MR) is 98.1 cm³/mol. The van der Waals surface area contributed by atoms with Gasteiger partial charge in [-0.2, -0.15) is 0 Å². The van der Waals surface area contributed by atoms with E-state index in [4.69, 9.17) is 9.47 Å². The average Bonchev–Trinajstić information content (AvgIpc) is 2.54. The lowest BCUT2D eigenvalue weighted by Crippen LogP contribution is -2.62. The van der Waals surface area contributed by atoms with Crippen LogP contribution >= 0.6 is 0 Å². The summed E-state index contributed by atoms with van der Waals surface area (Å²) in [6.07, 6.45) is 1.16. The third kappa shape index (κ3) is 5.17. The van der Waals surface area contributed by atoms with Crippen molar-refractivity contribution in [2.75, 3.05) is 19.7 Å². The Balaban J connectivity index is 1.83. The quantitative estimate of drug-likeness (QED) is 0.763. The van der Waals surface area contributed by atoms with E-state index in [2.05, 4.69) is 10.3 Å². The van der Waals surface area contributed by atoms with Crippen LogP contribution in [-0.4, -0.2) is 59.6 Å². The number of hydrogen-bond donors (Lipinski definition) is 1. The largest absolute Gasteiger partial charge is 0.489 e. The molecule has 1 saturated heterocycles. The smallest absolute Gasteiger partial charge is 0.272 e. The lowest BCUT2D eigenvalue weighted by Gasteiger charge is -2.40. The minimum Gasteiger partial charge on any atom is -0.489 e. The van der Waals surface area contributed by atoms with Gasteiger partial charge in [0.15, 0.2) is 0 Å². The molecule has 2 heterocycles. The lowest BCUT2D eigenvalue weighted by molar-refractivity contribution is -0.137. The Kier molecular flexibility index (Phi) is 6.97. The first-order valence-electron chi connectivity index (χ1n) is 9.15.